The molecule has 0 aromatic carbocycles. The normalized spacial score (nSPS) is 24.3. The predicted molar refractivity (Wildman–Crippen MR) is 90.1 cm³/mol. The number of nitrogens with zero attached hydrogens (tertiary/aromatic N) is 1. The first-order valence-corrected chi connectivity index (χ1v) is 8.72. The number of allylic oxidation sites excluding steroid dienone is 2. The van der Waals surface area contributed by atoms with Crippen LogP contribution in [0.1, 0.15) is 59.3 Å². The summed E-state index contributed by atoms with van der Waals surface area (Å²) in [4.78, 5) is 29.1. The van der Waals surface area contributed by atoms with E-state index in [9.17, 15) is 9.59 Å². The first kappa shape index (κ1) is 17.7. The molecule has 0 fully saturated rings. The Morgan fingerprint density at radius 1 is 1.43 bits per heavy atom. The van der Waals surface area contributed by atoms with Crippen LogP contribution < -0.4 is 5.32 Å². The number of amides is 1. The molecule has 1 amide bonds. The van der Waals surface area contributed by atoms with Gasteiger partial charge in [-0.25, -0.2) is 0 Å². The van der Waals surface area contributed by atoms with Crippen molar-refractivity contribution in [3.8, 4) is 0 Å². The molecule has 0 aromatic rings. The van der Waals surface area contributed by atoms with Crippen LogP contribution in [0.15, 0.2) is 16.8 Å². The summed E-state index contributed by atoms with van der Waals surface area (Å²) in [7, 11) is 0. The molecule has 0 saturated carbocycles. The zero-order valence-corrected chi connectivity index (χ0v) is 14.4. The molecule has 2 aliphatic rings. The number of rotatable bonds is 7. The second kappa shape index (κ2) is 8.27. The Bertz CT molecular complexity index is 508. The van der Waals surface area contributed by atoms with Gasteiger partial charge in [-0.2, -0.15) is 0 Å². The molecule has 0 aromatic heterocycles. The molecule has 2 rings (SSSR count). The summed E-state index contributed by atoms with van der Waals surface area (Å²) in [6.07, 6.45) is 5.93. The third kappa shape index (κ3) is 4.91. The average molecular weight is 320 g/mol. The Labute approximate surface area is 138 Å². The molecular formula is C18H28N2O3. The molecule has 128 valence electrons. The van der Waals surface area contributed by atoms with E-state index < -0.39 is 0 Å². The van der Waals surface area contributed by atoms with Crippen LogP contribution in [0.3, 0.4) is 0 Å². The Morgan fingerprint density at radius 2 is 2.22 bits per heavy atom. The summed E-state index contributed by atoms with van der Waals surface area (Å²) in [5, 5.41) is 7.21. The Kier molecular flexibility index (Phi) is 6.37. The zero-order valence-electron chi connectivity index (χ0n) is 14.4. The minimum atomic E-state index is -0.185. The number of Topliss-reactive ketones (excluding diaryl/α,β-unsaturated/α-hetero) is 1. The van der Waals surface area contributed by atoms with Gasteiger partial charge in [0, 0.05) is 25.3 Å². The number of hydrogen-bond donors (Lipinski definition) is 1. The lowest BCUT2D eigenvalue weighted by molar-refractivity contribution is -0.124. The van der Waals surface area contributed by atoms with Crippen molar-refractivity contribution in [1.82, 2.24) is 5.32 Å². The quantitative estimate of drug-likeness (QED) is 0.784. The van der Waals surface area contributed by atoms with E-state index in [4.69, 9.17) is 4.84 Å². The largest absolute Gasteiger partial charge is 0.391 e. The number of nitrogens with one attached hydrogen (secondary N) is 1. The van der Waals surface area contributed by atoms with Gasteiger partial charge in [-0.1, -0.05) is 38.4 Å². The van der Waals surface area contributed by atoms with Crippen LogP contribution in [0.4, 0.5) is 0 Å². The summed E-state index contributed by atoms with van der Waals surface area (Å²) in [6, 6.07) is 0. The Morgan fingerprint density at radius 3 is 2.83 bits per heavy atom. The highest BCUT2D eigenvalue weighted by molar-refractivity contribution is 6.04. The van der Waals surface area contributed by atoms with Gasteiger partial charge < -0.3 is 10.2 Å². The minimum absolute atomic E-state index is 0.0223. The van der Waals surface area contributed by atoms with Gasteiger partial charge in [-0.15, -0.1) is 0 Å². The fourth-order valence-electron chi connectivity index (χ4n) is 3.07. The topological polar surface area (TPSA) is 67.8 Å². The Balaban J connectivity index is 1.98. The lowest BCUT2D eigenvalue weighted by Gasteiger charge is -2.20. The third-order valence-corrected chi connectivity index (χ3v) is 4.36. The number of carbonyl (C=O) groups excluding carboxylic acids is 2. The SMILES string of the molecule is CCCC1C(C2=CCC(=O)CC2)=NOC1CC(=O)NCC(C)C. The fourth-order valence-corrected chi connectivity index (χ4v) is 3.07. The maximum atomic E-state index is 12.1. The number of hydrogen-bond acceptors (Lipinski definition) is 4. The predicted octanol–water partition coefficient (Wildman–Crippen LogP) is 3.00. The van der Waals surface area contributed by atoms with Crippen molar-refractivity contribution < 1.29 is 14.4 Å². The molecule has 2 atom stereocenters. The number of oxime groups is 1. The minimum Gasteiger partial charge on any atom is -0.391 e. The van der Waals surface area contributed by atoms with Crippen LogP contribution in [0.5, 0.6) is 0 Å². The maximum absolute atomic E-state index is 12.1. The van der Waals surface area contributed by atoms with E-state index in [2.05, 4.69) is 31.2 Å². The summed E-state index contributed by atoms with van der Waals surface area (Å²) in [5.41, 5.74) is 2.09. The molecule has 5 nitrogen and oxygen atoms in total. The van der Waals surface area contributed by atoms with Gasteiger partial charge in [-0.3, -0.25) is 9.59 Å². The van der Waals surface area contributed by atoms with Crippen LogP contribution in [-0.4, -0.2) is 30.1 Å². The highest BCUT2D eigenvalue weighted by Crippen LogP contribution is 2.32. The van der Waals surface area contributed by atoms with Gasteiger partial charge in [0.2, 0.25) is 5.91 Å². The van der Waals surface area contributed by atoms with Crippen LogP contribution in [-0.2, 0) is 14.4 Å². The van der Waals surface area contributed by atoms with Crippen molar-refractivity contribution in [1.29, 1.82) is 0 Å². The van der Waals surface area contributed by atoms with Gasteiger partial charge in [0.05, 0.1) is 12.1 Å². The molecule has 0 radical (unpaired) electrons. The van der Waals surface area contributed by atoms with E-state index in [-0.39, 0.29) is 23.7 Å². The number of ketones is 1. The smallest absolute Gasteiger partial charge is 0.223 e. The molecule has 23 heavy (non-hydrogen) atoms. The lowest BCUT2D eigenvalue weighted by Crippen LogP contribution is -2.34. The molecular weight excluding hydrogens is 292 g/mol. The van der Waals surface area contributed by atoms with Gasteiger partial charge in [-0.05, 0) is 24.3 Å². The highest BCUT2D eigenvalue weighted by Gasteiger charge is 2.36. The first-order valence-electron chi connectivity index (χ1n) is 8.72. The van der Waals surface area contributed by atoms with Crippen molar-refractivity contribution in [2.45, 2.75) is 65.4 Å². The molecule has 0 spiro atoms. The summed E-state index contributed by atoms with van der Waals surface area (Å²) >= 11 is 0. The van der Waals surface area contributed by atoms with Gasteiger partial charge >= 0.3 is 0 Å². The van der Waals surface area contributed by atoms with E-state index in [1.807, 2.05) is 6.08 Å². The molecule has 0 bridgehead atoms. The molecule has 1 aliphatic heterocycles. The standard InChI is InChI=1S/C18H28N2O3/c1-4-5-15-16(10-17(22)19-11-12(2)3)23-20-18(15)13-6-8-14(21)9-7-13/h6,12,15-16H,4-5,7-11H2,1-3H3,(H,19,22). The van der Waals surface area contributed by atoms with Crippen molar-refractivity contribution in [3.63, 3.8) is 0 Å². The van der Waals surface area contributed by atoms with E-state index >= 15 is 0 Å². The molecule has 0 saturated heterocycles. The monoisotopic (exact) mass is 320 g/mol. The fraction of sp³-hybridized carbons (Fsp3) is 0.722. The van der Waals surface area contributed by atoms with Crippen molar-refractivity contribution in [3.05, 3.63) is 11.6 Å². The van der Waals surface area contributed by atoms with Crippen molar-refractivity contribution in [2.75, 3.05) is 6.54 Å². The van der Waals surface area contributed by atoms with E-state index in [1.54, 1.807) is 0 Å². The van der Waals surface area contributed by atoms with Gasteiger partial charge in [0.15, 0.2) is 0 Å². The Hall–Kier alpha value is -1.65. The van der Waals surface area contributed by atoms with E-state index in [0.717, 1.165) is 30.5 Å². The van der Waals surface area contributed by atoms with Crippen LogP contribution in [0.25, 0.3) is 0 Å². The van der Waals surface area contributed by atoms with Crippen LogP contribution >= 0.6 is 0 Å². The van der Waals surface area contributed by atoms with Gasteiger partial charge in [0.25, 0.3) is 0 Å². The molecule has 1 N–H and O–H groups in total. The van der Waals surface area contributed by atoms with Crippen molar-refractivity contribution >= 4 is 17.4 Å². The maximum Gasteiger partial charge on any atom is 0.223 e. The molecule has 1 heterocycles. The summed E-state index contributed by atoms with van der Waals surface area (Å²) in [5.74, 6) is 0.898. The second-order valence-electron chi connectivity index (χ2n) is 6.89. The van der Waals surface area contributed by atoms with E-state index in [1.165, 1.54) is 0 Å². The molecule has 5 heteroatoms. The highest BCUT2D eigenvalue weighted by atomic mass is 16.6. The van der Waals surface area contributed by atoms with Crippen LogP contribution in [0.2, 0.25) is 0 Å². The average Bonchev–Trinajstić information content (AvgIpc) is 2.89. The lowest BCUT2D eigenvalue weighted by atomic mass is 9.83. The second-order valence-corrected chi connectivity index (χ2v) is 6.89. The van der Waals surface area contributed by atoms with E-state index in [0.29, 0.717) is 31.7 Å². The van der Waals surface area contributed by atoms with Crippen molar-refractivity contribution in [2.24, 2.45) is 17.0 Å². The molecule has 2 unspecified atom stereocenters. The first-order chi connectivity index (χ1) is 11.0. The molecule has 1 aliphatic carbocycles. The van der Waals surface area contributed by atoms with Crippen LogP contribution in [0, 0.1) is 11.8 Å². The summed E-state index contributed by atoms with van der Waals surface area (Å²) < 4.78 is 0. The number of carbonyl (C=O) groups is 2. The zero-order chi connectivity index (χ0) is 16.8. The third-order valence-electron chi connectivity index (χ3n) is 4.36. The van der Waals surface area contributed by atoms with Gasteiger partial charge in [0.1, 0.15) is 11.9 Å². The summed E-state index contributed by atoms with van der Waals surface area (Å²) in [6.45, 7) is 6.96.